The maximum atomic E-state index is 11.4. The van der Waals surface area contributed by atoms with Gasteiger partial charge in [-0.2, -0.15) is 5.10 Å². The lowest BCUT2D eigenvalue weighted by Gasteiger charge is -2.04. The summed E-state index contributed by atoms with van der Waals surface area (Å²) >= 11 is 3.37. The van der Waals surface area contributed by atoms with Crippen molar-refractivity contribution in [2.24, 2.45) is 11.0 Å². The fraction of sp³-hybridized carbons (Fsp3) is 0.333. The van der Waals surface area contributed by atoms with Crippen LogP contribution in [-0.2, 0) is 4.79 Å². The minimum absolute atomic E-state index is 0.00443. The Labute approximate surface area is 108 Å². The third-order valence-corrected chi connectivity index (χ3v) is 3.01. The molecule has 1 amide bonds. The molecule has 0 saturated heterocycles. The van der Waals surface area contributed by atoms with Crippen LogP contribution < -0.4 is 10.2 Å². The van der Waals surface area contributed by atoms with Crippen molar-refractivity contribution in [2.45, 2.75) is 12.8 Å². The third kappa shape index (κ3) is 3.30. The van der Waals surface area contributed by atoms with Crippen LogP contribution >= 0.6 is 15.9 Å². The van der Waals surface area contributed by atoms with Crippen molar-refractivity contribution in [3.63, 3.8) is 0 Å². The zero-order valence-corrected chi connectivity index (χ0v) is 11.0. The predicted octanol–water partition coefficient (Wildman–Crippen LogP) is 2.32. The minimum atomic E-state index is -0.00443. The molecule has 17 heavy (non-hydrogen) atoms. The Kier molecular flexibility index (Phi) is 3.78. The van der Waals surface area contributed by atoms with Crippen LogP contribution in [0.4, 0.5) is 0 Å². The smallest absolute Gasteiger partial charge is 0.243 e. The third-order valence-electron chi connectivity index (χ3n) is 2.52. The Bertz CT molecular complexity index is 456. The number of benzene rings is 1. The van der Waals surface area contributed by atoms with Crippen LogP contribution in [0.2, 0.25) is 0 Å². The van der Waals surface area contributed by atoms with E-state index in [1.54, 1.807) is 13.3 Å². The van der Waals surface area contributed by atoms with Crippen LogP contribution in [0.3, 0.4) is 0 Å². The summed E-state index contributed by atoms with van der Waals surface area (Å²) in [7, 11) is 1.60. The van der Waals surface area contributed by atoms with Gasteiger partial charge in [0.25, 0.3) is 0 Å². The molecular weight excluding hydrogens is 284 g/mol. The lowest BCUT2D eigenvalue weighted by molar-refractivity contribution is -0.122. The number of rotatable bonds is 4. The summed E-state index contributed by atoms with van der Waals surface area (Å²) < 4.78 is 6.13. The normalized spacial score (nSPS) is 14.9. The molecule has 0 spiro atoms. The summed E-state index contributed by atoms with van der Waals surface area (Å²) in [6, 6.07) is 5.61. The van der Waals surface area contributed by atoms with Gasteiger partial charge >= 0.3 is 0 Å². The molecule has 0 aromatic heterocycles. The van der Waals surface area contributed by atoms with E-state index in [1.807, 2.05) is 18.2 Å². The Morgan fingerprint density at radius 3 is 3.00 bits per heavy atom. The highest BCUT2D eigenvalue weighted by Crippen LogP contribution is 2.28. The number of carbonyl (C=O) groups is 1. The minimum Gasteiger partial charge on any atom is -0.496 e. The SMILES string of the molecule is COc1ccc(Br)cc1/C=N/NC(=O)C1CC1. The molecule has 1 aromatic rings. The number of nitrogens with one attached hydrogen (secondary N) is 1. The zero-order valence-electron chi connectivity index (χ0n) is 9.44. The molecular formula is C12H13BrN2O2. The van der Waals surface area contributed by atoms with Gasteiger partial charge in [0, 0.05) is 16.0 Å². The predicted molar refractivity (Wildman–Crippen MR) is 69.2 cm³/mol. The molecule has 90 valence electrons. The number of hydrazone groups is 1. The van der Waals surface area contributed by atoms with Gasteiger partial charge in [-0.05, 0) is 31.0 Å². The van der Waals surface area contributed by atoms with E-state index in [0.29, 0.717) is 0 Å². The molecule has 2 rings (SSSR count). The second-order valence-corrected chi connectivity index (χ2v) is 4.81. The van der Waals surface area contributed by atoms with E-state index in [1.165, 1.54) is 0 Å². The topological polar surface area (TPSA) is 50.7 Å². The molecule has 1 aromatic carbocycles. The van der Waals surface area contributed by atoms with Gasteiger partial charge in [0.15, 0.2) is 0 Å². The first kappa shape index (κ1) is 12.1. The summed E-state index contributed by atoms with van der Waals surface area (Å²) in [4.78, 5) is 11.4. The van der Waals surface area contributed by atoms with Gasteiger partial charge in [-0.25, -0.2) is 5.43 Å². The molecule has 5 heteroatoms. The fourth-order valence-corrected chi connectivity index (χ4v) is 1.79. The second kappa shape index (κ2) is 5.31. The fourth-order valence-electron chi connectivity index (χ4n) is 1.41. The average molecular weight is 297 g/mol. The monoisotopic (exact) mass is 296 g/mol. The summed E-state index contributed by atoms with van der Waals surface area (Å²) in [5.41, 5.74) is 3.34. The Balaban J connectivity index is 2.03. The number of halogens is 1. The van der Waals surface area contributed by atoms with Crippen LogP contribution in [0, 0.1) is 5.92 Å². The Morgan fingerprint density at radius 2 is 2.35 bits per heavy atom. The van der Waals surface area contributed by atoms with Gasteiger partial charge in [-0.1, -0.05) is 15.9 Å². The number of carbonyl (C=O) groups excluding carboxylic acids is 1. The van der Waals surface area contributed by atoms with E-state index in [9.17, 15) is 4.79 Å². The molecule has 0 atom stereocenters. The zero-order chi connectivity index (χ0) is 12.3. The van der Waals surface area contributed by atoms with Crippen molar-refractivity contribution in [3.8, 4) is 5.75 Å². The number of ether oxygens (including phenoxy) is 1. The molecule has 0 aliphatic heterocycles. The van der Waals surface area contributed by atoms with Crippen molar-refractivity contribution >= 4 is 28.1 Å². The van der Waals surface area contributed by atoms with E-state index in [2.05, 4.69) is 26.5 Å². The van der Waals surface area contributed by atoms with Gasteiger partial charge in [-0.3, -0.25) is 4.79 Å². The highest BCUT2D eigenvalue weighted by atomic mass is 79.9. The van der Waals surface area contributed by atoms with Crippen molar-refractivity contribution in [2.75, 3.05) is 7.11 Å². The first-order valence-corrected chi connectivity index (χ1v) is 6.16. The highest BCUT2D eigenvalue weighted by Gasteiger charge is 2.29. The van der Waals surface area contributed by atoms with Gasteiger partial charge < -0.3 is 4.74 Å². The van der Waals surface area contributed by atoms with Crippen molar-refractivity contribution in [1.82, 2.24) is 5.43 Å². The summed E-state index contributed by atoms with van der Waals surface area (Å²) in [6.07, 6.45) is 3.53. The Morgan fingerprint density at radius 1 is 1.59 bits per heavy atom. The second-order valence-electron chi connectivity index (χ2n) is 3.89. The van der Waals surface area contributed by atoms with Crippen molar-refractivity contribution in [1.29, 1.82) is 0 Å². The van der Waals surface area contributed by atoms with Gasteiger partial charge in [0.1, 0.15) is 5.75 Å². The number of nitrogens with zero attached hydrogens (tertiary/aromatic N) is 1. The van der Waals surface area contributed by atoms with E-state index < -0.39 is 0 Å². The molecule has 4 nitrogen and oxygen atoms in total. The first-order chi connectivity index (χ1) is 8.20. The molecule has 1 saturated carbocycles. The van der Waals surface area contributed by atoms with Gasteiger partial charge in [-0.15, -0.1) is 0 Å². The highest BCUT2D eigenvalue weighted by molar-refractivity contribution is 9.10. The van der Waals surface area contributed by atoms with E-state index in [4.69, 9.17) is 4.74 Å². The van der Waals surface area contributed by atoms with Crippen LogP contribution in [-0.4, -0.2) is 19.2 Å². The molecule has 1 fully saturated rings. The molecule has 0 heterocycles. The number of hydrogen-bond donors (Lipinski definition) is 1. The van der Waals surface area contributed by atoms with Crippen LogP contribution in [0.1, 0.15) is 18.4 Å². The first-order valence-electron chi connectivity index (χ1n) is 5.37. The average Bonchev–Trinajstić information content (AvgIpc) is 3.13. The maximum Gasteiger partial charge on any atom is 0.243 e. The molecule has 1 aliphatic carbocycles. The van der Waals surface area contributed by atoms with E-state index in [0.717, 1.165) is 28.6 Å². The molecule has 0 unspecified atom stereocenters. The molecule has 1 N–H and O–H groups in total. The summed E-state index contributed by atoms with van der Waals surface area (Å²) in [5, 5.41) is 3.93. The lowest BCUT2D eigenvalue weighted by Crippen LogP contribution is -2.19. The maximum absolute atomic E-state index is 11.4. The van der Waals surface area contributed by atoms with E-state index >= 15 is 0 Å². The molecule has 1 aliphatic rings. The summed E-state index contributed by atoms with van der Waals surface area (Å²) in [5.74, 6) is 0.879. The van der Waals surface area contributed by atoms with Crippen molar-refractivity contribution in [3.05, 3.63) is 28.2 Å². The molecule has 0 radical (unpaired) electrons. The number of amides is 1. The largest absolute Gasteiger partial charge is 0.496 e. The quantitative estimate of drug-likeness (QED) is 0.685. The standard InChI is InChI=1S/C12H13BrN2O2/c1-17-11-5-4-10(13)6-9(11)7-14-15-12(16)8-2-3-8/h4-8H,2-3H2,1H3,(H,15,16)/b14-7+. The van der Waals surface area contributed by atoms with Gasteiger partial charge in [0.05, 0.1) is 13.3 Å². The lowest BCUT2D eigenvalue weighted by atomic mass is 10.2. The van der Waals surface area contributed by atoms with Crippen molar-refractivity contribution < 1.29 is 9.53 Å². The number of methoxy groups -OCH3 is 1. The van der Waals surface area contributed by atoms with Crippen LogP contribution in [0.25, 0.3) is 0 Å². The van der Waals surface area contributed by atoms with Crippen LogP contribution in [0.15, 0.2) is 27.8 Å². The van der Waals surface area contributed by atoms with Crippen LogP contribution in [0.5, 0.6) is 5.75 Å². The molecule has 0 bridgehead atoms. The Hall–Kier alpha value is -1.36. The van der Waals surface area contributed by atoms with E-state index in [-0.39, 0.29) is 11.8 Å². The number of hydrogen-bond acceptors (Lipinski definition) is 3. The van der Waals surface area contributed by atoms with Gasteiger partial charge in [0.2, 0.25) is 5.91 Å². The summed E-state index contributed by atoms with van der Waals surface area (Å²) in [6.45, 7) is 0.